The molecule has 0 unspecified atom stereocenters. The summed E-state index contributed by atoms with van der Waals surface area (Å²) < 4.78 is 0. The molecule has 13 rings (SSSR count). The third-order valence-corrected chi connectivity index (χ3v) is 14.3. The van der Waals surface area contributed by atoms with Gasteiger partial charge in [-0.3, -0.25) is 0 Å². The Morgan fingerprint density at radius 3 is 1.38 bits per heavy atom. The smallest absolute Gasteiger partial charge is 0.0726 e. The van der Waals surface area contributed by atoms with E-state index < -0.39 is 5.41 Å². The first-order chi connectivity index (χ1) is 30.0. The second-order valence-corrected chi connectivity index (χ2v) is 17.6. The van der Waals surface area contributed by atoms with Crippen molar-refractivity contribution in [3.05, 3.63) is 246 Å². The molecule has 0 radical (unpaired) electrons. The average molecular weight is 776 g/mol. The minimum absolute atomic E-state index is 0.125. The van der Waals surface area contributed by atoms with Crippen molar-refractivity contribution < 1.29 is 0 Å². The van der Waals surface area contributed by atoms with Crippen LogP contribution in [0, 0.1) is 0 Å². The van der Waals surface area contributed by atoms with Crippen LogP contribution in [0.5, 0.6) is 0 Å². The molecule has 0 aromatic heterocycles. The molecule has 0 heterocycles. The topological polar surface area (TPSA) is 3.24 Å². The minimum atomic E-state index is -0.423. The van der Waals surface area contributed by atoms with Crippen molar-refractivity contribution in [3.8, 4) is 44.5 Å². The monoisotopic (exact) mass is 775 g/mol. The van der Waals surface area contributed by atoms with Crippen molar-refractivity contribution in [2.45, 2.75) is 24.7 Å². The fourth-order valence-electron chi connectivity index (χ4n) is 11.5. The van der Waals surface area contributed by atoms with Crippen LogP contribution in [0.3, 0.4) is 0 Å². The summed E-state index contributed by atoms with van der Waals surface area (Å²) >= 11 is 0. The van der Waals surface area contributed by atoms with Gasteiger partial charge in [0, 0.05) is 22.5 Å². The Labute approximate surface area is 356 Å². The summed E-state index contributed by atoms with van der Waals surface area (Å²) in [6.07, 6.45) is 0. The Morgan fingerprint density at radius 1 is 0.295 bits per heavy atom. The van der Waals surface area contributed by atoms with E-state index in [1.54, 1.807) is 0 Å². The van der Waals surface area contributed by atoms with E-state index in [-0.39, 0.29) is 5.41 Å². The summed E-state index contributed by atoms with van der Waals surface area (Å²) in [5.74, 6) is 0. The molecule has 0 saturated heterocycles. The van der Waals surface area contributed by atoms with E-state index in [4.69, 9.17) is 0 Å². The first kappa shape index (κ1) is 34.4. The van der Waals surface area contributed by atoms with Crippen LogP contribution in [0.4, 0.5) is 17.1 Å². The van der Waals surface area contributed by atoms with Crippen molar-refractivity contribution in [1.82, 2.24) is 0 Å². The largest absolute Gasteiger partial charge is 0.310 e. The molecule has 0 saturated carbocycles. The summed E-state index contributed by atoms with van der Waals surface area (Å²) in [5.41, 5.74) is 21.4. The highest BCUT2D eigenvalue weighted by Crippen LogP contribution is 2.63. The van der Waals surface area contributed by atoms with E-state index in [0.29, 0.717) is 0 Å². The fraction of sp³-hybridized carbons (Fsp3) is 0.0667. The summed E-state index contributed by atoms with van der Waals surface area (Å²) in [6, 6.07) is 79.8. The lowest BCUT2D eigenvalue weighted by Crippen LogP contribution is -2.26. The van der Waals surface area contributed by atoms with Crippen LogP contribution < -0.4 is 4.90 Å². The van der Waals surface area contributed by atoms with Crippen LogP contribution in [0.15, 0.2) is 212 Å². The predicted molar refractivity (Wildman–Crippen MR) is 255 cm³/mol. The molecule has 0 atom stereocenters. The average Bonchev–Trinajstić information content (AvgIpc) is 3.87. The van der Waals surface area contributed by atoms with Crippen LogP contribution in [0.25, 0.3) is 66.1 Å². The molecule has 10 aromatic carbocycles. The van der Waals surface area contributed by atoms with Crippen molar-refractivity contribution in [2.75, 3.05) is 4.90 Å². The zero-order valence-corrected chi connectivity index (χ0v) is 34.2. The molecule has 0 fully saturated rings. The Kier molecular flexibility index (Phi) is 7.06. The van der Waals surface area contributed by atoms with Crippen LogP contribution in [-0.2, 0) is 10.8 Å². The van der Waals surface area contributed by atoms with Crippen LogP contribution in [0.1, 0.15) is 47.2 Å². The molecule has 0 bridgehead atoms. The molecule has 1 heteroatoms. The third kappa shape index (κ3) is 4.66. The van der Waals surface area contributed by atoms with Gasteiger partial charge in [0.15, 0.2) is 0 Å². The maximum absolute atomic E-state index is 2.50. The van der Waals surface area contributed by atoms with Crippen molar-refractivity contribution in [2.24, 2.45) is 0 Å². The van der Waals surface area contributed by atoms with E-state index in [1.165, 1.54) is 99.4 Å². The number of nitrogens with zero attached hydrogens (tertiary/aromatic N) is 1. The molecule has 3 aliphatic carbocycles. The SMILES string of the molecule is CC1(C)c2ccccc2-c2ccc(N(c3ccc(-c4ccc5c(ccc6ccccc65)c4)cc3)c3ccc4c(c3)C3(c5ccccc5-c5ccccc53)c3ccccc3-4)cc21. The number of anilines is 3. The number of hydrogen-bond donors (Lipinski definition) is 0. The summed E-state index contributed by atoms with van der Waals surface area (Å²) in [6.45, 7) is 4.75. The summed E-state index contributed by atoms with van der Waals surface area (Å²) in [4.78, 5) is 2.49. The summed E-state index contributed by atoms with van der Waals surface area (Å²) in [5, 5.41) is 5.11. The molecular formula is C60H41N. The fourth-order valence-corrected chi connectivity index (χ4v) is 11.5. The normalized spacial score (nSPS) is 14.3. The number of fused-ring (bicyclic) bond motifs is 16. The van der Waals surface area contributed by atoms with Gasteiger partial charge in [-0.1, -0.05) is 184 Å². The lowest BCUT2D eigenvalue weighted by Gasteiger charge is -2.32. The Hall–Kier alpha value is -7.48. The van der Waals surface area contributed by atoms with Crippen LogP contribution in [0.2, 0.25) is 0 Å². The highest BCUT2D eigenvalue weighted by atomic mass is 15.1. The van der Waals surface area contributed by atoms with Crippen LogP contribution >= 0.6 is 0 Å². The zero-order valence-electron chi connectivity index (χ0n) is 34.2. The van der Waals surface area contributed by atoms with E-state index in [2.05, 4.69) is 231 Å². The van der Waals surface area contributed by atoms with E-state index in [0.717, 1.165) is 17.1 Å². The Morgan fingerprint density at radius 2 is 0.738 bits per heavy atom. The van der Waals surface area contributed by atoms with Crippen molar-refractivity contribution in [3.63, 3.8) is 0 Å². The molecule has 10 aromatic rings. The minimum Gasteiger partial charge on any atom is -0.310 e. The van der Waals surface area contributed by atoms with Gasteiger partial charge in [-0.25, -0.2) is 0 Å². The van der Waals surface area contributed by atoms with Gasteiger partial charge in [0.05, 0.1) is 5.41 Å². The van der Waals surface area contributed by atoms with Gasteiger partial charge in [0.25, 0.3) is 0 Å². The zero-order chi connectivity index (χ0) is 40.5. The Balaban J connectivity index is 1.00. The molecule has 0 N–H and O–H groups in total. The summed E-state index contributed by atoms with van der Waals surface area (Å²) in [7, 11) is 0. The van der Waals surface area contributed by atoms with Crippen LogP contribution in [-0.4, -0.2) is 0 Å². The molecule has 3 aliphatic rings. The molecule has 0 aliphatic heterocycles. The van der Waals surface area contributed by atoms with Gasteiger partial charge in [0.2, 0.25) is 0 Å². The number of hydrogen-bond acceptors (Lipinski definition) is 1. The lowest BCUT2D eigenvalue weighted by atomic mass is 9.70. The molecule has 1 spiro atoms. The maximum Gasteiger partial charge on any atom is 0.0726 e. The van der Waals surface area contributed by atoms with Gasteiger partial charge >= 0.3 is 0 Å². The second-order valence-electron chi connectivity index (χ2n) is 17.6. The third-order valence-electron chi connectivity index (χ3n) is 14.3. The van der Waals surface area contributed by atoms with Gasteiger partial charge in [0.1, 0.15) is 0 Å². The van der Waals surface area contributed by atoms with Crippen molar-refractivity contribution >= 4 is 38.6 Å². The predicted octanol–water partition coefficient (Wildman–Crippen LogP) is 15.8. The maximum atomic E-state index is 2.50. The number of benzene rings is 10. The first-order valence-corrected chi connectivity index (χ1v) is 21.5. The van der Waals surface area contributed by atoms with Gasteiger partial charge in [-0.2, -0.15) is 0 Å². The Bertz CT molecular complexity index is 3390. The number of rotatable bonds is 4. The standard InChI is InChI=1S/C60H41N/c1-59(2)53-19-9-5-15-47(53)51-33-30-43(36-57(51)59)61(42-28-25-38(26-29-42)40-27-32-46-41(35-40)24-23-39-13-3-4-14-45(39)46)44-31-34-52-50-18-8-12-22-56(50)60(58(52)37-44)54-20-10-6-16-48(54)49-17-7-11-21-55(49)60/h3-37H,1-2H3. The van der Waals surface area contributed by atoms with E-state index in [9.17, 15) is 0 Å². The van der Waals surface area contributed by atoms with E-state index in [1.807, 2.05) is 0 Å². The van der Waals surface area contributed by atoms with Crippen molar-refractivity contribution in [1.29, 1.82) is 0 Å². The quantitative estimate of drug-likeness (QED) is 0.161. The van der Waals surface area contributed by atoms with Gasteiger partial charge < -0.3 is 4.90 Å². The molecular weight excluding hydrogens is 735 g/mol. The highest BCUT2D eigenvalue weighted by Gasteiger charge is 2.51. The molecule has 286 valence electrons. The van der Waals surface area contributed by atoms with Gasteiger partial charge in [-0.05, 0) is 142 Å². The first-order valence-electron chi connectivity index (χ1n) is 21.5. The second kappa shape index (κ2) is 12.5. The highest BCUT2D eigenvalue weighted by molar-refractivity contribution is 6.08. The lowest BCUT2D eigenvalue weighted by molar-refractivity contribution is 0.660. The van der Waals surface area contributed by atoms with E-state index >= 15 is 0 Å². The van der Waals surface area contributed by atoms with Gasteiger partial charge in [-0.15, -0.1) is 0 Å². The molecule has 61 heavy (non-hydrogen) atoms. The molecule has 1 nitrogen and oxygen atoms in total. The molecule has 0 amide bonds.